The van der Waals surface area contributed by atoms with Gasteiger partial charge in [0.2, 0.25) is 0 Å². The Morgan fingerprint density at radius 1 is 1.03 bits per heavy atom. The zero-order chi connectivity index (χ0) is 22.3. The van der Waals surface area contributed by atoms with Gasteiger partial charge in [0, 0.05) is 25.8 Å². The molecule has 9 heteroatoms. The number of imide groups is 1. The number of likely N-dealkylation sites (N-methyl/N-ethyl adjacent to an activating group) is 1. The van der Waals surface area contributed by atoms with Gasteiger partial charge in [0.15, 0.2) is 0 Å². The third kappa shape index (κ3) is 3.71. The van der Waals surface area contributed by atoms with Crippen LogP contribution in [0.5, 0.6) is 0 Å². The van der Waals surface area contributed by atoms with Gasteiger partial charge in [-0.05, 0) is 57.9 Å². The number of piperidine rings is 1. The van der Waals surface area contributed by atoms with Gasteiger partial charge in [-0.25, -0.2) is 14.4 Å². The third-order valence-electron chi connectivity index (χ3n) is 5.40. The van der Waals surface area contributed by atoms with Crippen LogP contribution in [0.25, 0.3) is 0 Å². The second-order valence-electron chi connectivity index (χ2n) is 8.52. The minimum atomic E-state index is -1.07. The number of nitrogens with zero attached hydrogens (tertiary/aromatic N) is 3. The van der Waals surface area contributed by atoms with E-state index in [4.69, 9.17) is 9.47 Å². The molecule has 0 radical (unpaired) electrons. The number of urea groups is 1. The van der Waals surface area contributed by atoms with Crippen molar-refractivity contribution in [3.63, 3.8) is 0 Å². The predicted octanol–water partition coefficient (Wildman–Crippen LogP) is 2.64. The number of hydrogen-bond acceptors (Lipinski definition) is 6. The molecule has 2 aliphatic rings. The molecule has 0 aromatic heterocycles. The zero-order valence-corrected chi connectivity index (χ0v) is 17.9. The first-order valence-electron chi connectivity index (χ1n) is 9.79. The van der Waals surface area contributed by atoms with Crippen molar-refractivity contribution in [1.29, 1.82) is 0 Å². The number of anilines is 1. The van der Waals surface area contributed by atoms with E-state index in [0.717, 1.165) is 4.90 Å². The first-order valence-corrected chi connectivity index (χ1v) is 9.79. The zero-order valence-electron chi connectivity index (χ0n) is 17.9. The Morgan fingerprint density at radius 3 is 2.10 bits per heavy atom. The number of ether oxygens (including phenoxy) is 2. The van der Waals surface area contributed by atoms with Gasteiger partial charge in [0.1, 0.15) is 11.1 Å². The van der Waals surface area contributed by atoms with Gasteiger partial charge in [-0.2, -0.15) is 0 Å². The molecule has 9 nitrogen and oxygen atoms in total. The van der Waals surface area contributed by atoms with Crippen molar-refractivity contribution >= 4 is 29.7 Å². The first kappa shape index (κ1) is 21.6. The summed E-state index contributed by atoms with van der Waals surface area (Å²) in [5, 5.41) is 0. The van der Waals surface area contributed by atoms with Crippen LogP contribution >= 0.6 is 0 Å². The lowest BCUT2D eigenvalue weighted by Gasteiger charge is -2.42. The van der Waals surface area contributed by atoms with Crippen LogP contribution in [-0.4, -0.2) is 72.2 Å². The molecule has 4 amide bonds. The Bertz CT molecular complexity index is 866. The molecule has 0 bridgehead atoms. The summed E-state index contributed by atoms with van der Waals surface area (Å²) < 4.78 is 10.1. The standard InChI is InChI=1S/C21H27N3O6/c1-20(2,3)30-19(28)23-12-10-21(11-13-23)17(26)22(4)18(27)24(21)15-8-6-14(7-9-15)16(25)29-5/h6-9H,10-13H2,1-5H3. The quantitative estimate of drug-likeness (QED) is 0.542. The highest BCUT2D eigenvalue weighted by molar-refractivity contribution is 6.16. The molecule has 30 heavy (non-hydrogen) atoms. The number of likely N-dealkylation sites (tertiary alicyclic amines) is 1. The minimum absolute atomic E-state index is 0.290. The van der Waals surface area contributed by atoms with Crippen molar-refractivity contribution < 1.29 is 28.7 Å². The van der Waals surface area contributed by atoms with Crippen LogP contribution in [0.15, 0.2) is 24.3 Å². The summed E-state index contributed by atoms with van der Waals surface area (Å²) in [5.74, 6) is -0.781. The lowest BCUT2D eigenvalue weighted by atomic mass is 9.85. The highest BCUT2D eigenvalue weighted by Gasteiger charge is 2.58. The van der Waals surface area contributed by atoms with Crippen LogP contribution in [0.1, 0.15) is 44.0 Å². The van der Waals surface area contributed by atoms with E-state index in [2.05, 4.69) is 0 Å². The van der Waals surface area contributed by atoms with Crippen molar-refractivity contribution in [2.45, 2.75) is 44.8 Å². The number of methoxy groups -OCH3 is 1. The maximum atomic E-state index is 13.1. The Morgan fingerprint density at radius 2 is 1.60 bits per heavy atom. The van der Waals surface area contributed by atoms with Crippen molar-refractivity contribution in [2.24, 2.45) is 0 Å². The van der Waals surface area contributed by atoms with Crippen molar-refractivity contribution in [1.82, 2.24) is 9.80 Å². The summed E-state index contributed by atoms with van der Waals surface area (Å²) in [6.45, 7) is 5.97. The van der Waals surface area contributed by atoms with Gasteiger partial charge < -0.3 is 14.4 Å². The van der Waals surface area contributed by atoms with E-state index >= 15 is 0 Å². The van der Waals surface area contributed by atoms with Crippen LogP contribution in [0.4, 0.5) is 15.3 Å². The number of esters is 1. The number of carbonyl (C=O) groups is 4. The van der Waals surface area contributed by atoms with Gasteiger partial charge in [-0.3, -0.25) is 14.6 Å². The minimum Gasteiger partial charge on any atom is -0.465 e. The summed E-state index contributed by atoms with van der Waals surface area (Å²) in [6, 6.07) is 5.93. The average molecular weight is 417 g/mol. The second kappa shape index (κ2) is 7.62. The molecule has 2 aliphatic heterocycles. The fraction of sp³-hybridized carbons (Fsp3) is 0.524. The normalized spacial score (nSPS) is 18.8. The first-order chi connectivity index (χ1) is 14.0. The third-order valence-corrected chi connectivity index (χ3v) is 5.40. The highest BCUT2D eigenvalue weighted by atomic mass is 16.6. The van der Waals surface area contributed by atoms with Crippen molar-refractivity contribution in [3.8, 4) is 0 Å². The van der Waals surface area contributed by atoms with E-state index in [1.54, 1.807) is 49.9 Å². The van der Waals surface area contributed by atoms with Crippen LogP contribution in [-0.2, 0) is 14.3 Å². The van der Waals surface area contributed by atoms with E-state index in [9.17, 15) is 19.2 Å². The molecular formula is C21H27N3O6. The summed E-state index contributed by atoms with van der Waals surface area (Å²) >= 11 is 0. The largest absolute Gasteiger partial charge is 0.465 e. The van der Waals surface area contributed by atoms with Gasteiger partial charge in [-0.15, -0.1) is 0 Å². The topological polar surface area (TPSA) is 96.5 Å². The molecule has 2 saturated heterocycles. The molecule has 1 spiro atoms. The number of hydrogen-bond donors (Lipinski definition) is 0. The molecule has 0 atom stereocenters. The van der Waals surface area contributed by atoms with Crippen molar-refractivity contribution in [2.75, 3.05) is 32.1 Å². The molecule has 0 saturated carbocycles. The van der Waals surface area contributed by atoms with Gasteiger partial charge >= 0.3 is 18.1 Å². The maximum Gasteiger partial charge on any atom is 0.410 e. The fourth-order valence-corrected chi connectivity index (χ4v) is 3.87. The number of benzene rings is 1. The molecule has 1 aromatic rings. The maximum absolute atomic E-state index is 13.1. The number of rotatable bonds is 2. The Labute approximate surface area is 175 Å². The van der Waals surface area contributed by atoms with E-state index in [1.165, 1.54) is 19.1 Å². The molecule has 2 heterocycles. The lowest BCUT2D eigenvalue weighted by molar-refractivity contribution is -0.131. The van der Waals surface area contributed by atoms with Crippen LogP contribution in [0, 0.1) is 0 Å². The summed E-state index contributed by atoms with van der Waals surface area (Å²) in [5.41, 5.74) is -0.826. The molecule has 2 fully saturated rings. The highest BCUT2D eigenvalue weighted by Crippen LogP contribution is 2.40. The van der Waals surface area contributed by atoms with E-state index < -0.39 is 29.2 Å². The monoisotopic (exact) mass is 417 g/mol. The number of amides is 4. The summed E-state index contributed by atoms with van der Waals surface area (Å²) in [4.78, 5) is 54.2. The van der Waals surface area contributed by atoms with E-state index in [-0.39, 0.29) is 5.91 Å². The van der Waals surface area contributed by atoms with Crippen molar-refractivity contribution in [3.05, 3.63) is 29.8 Å². The molecule has 3 rings (SSSR count). The molecule has 162 valence electrons. The van der Waals surface area contributed by atoms with Gasteiger partial charge in [0.25, 0.3) is 5.91 Å². The Balaban J connectivity index is 1.85. The van der Waals surface area contributed by atoms with Crippen LogP contribution in [0.3, 0.4) is 0 Å². The SMILES string of the molecule is COC(=O)c1ccc(N2C(=O)N(C)C(=O)C23CCN(C(=O)OC(C)(C)C)CC3)cc1. The molecule has 0 N–H and O–H groups in total. The van der Waals surface area contributed by atoms with Crippen LogP contribution < -0.4 is 4.90 Å². The second-order valence-corrected chi connectivity index (χ2v) is 8.52. The predicted molar refractivity (Wildman–Crippen MR) is 108 cm³/mol. The van der Waals surface area contributed by atoms with E-state index in [1.807, 2.05) is 0 Å². The lowest BCUT2D eigenvalue weighted by Crippen LogP contribution is -2.58. The Kier molecular flexibility index (Phi) is 5.49. The Hall–Kier alpha value is -3.10. The fourth-order valence-electron chi connectivity index (χ4n) is 3.87. The summed E-state index contributed by atoms with van der Waals surface area (Å²) in [7, 11) is 2.75. The molecule has 0 unspecified atom stereocenters. The van der Waals surface area contributed by atoms with Crippen LogP contribution in [0.2, 0.25) is 0 Å². The van der Waals surface area contributed by atoms with Gasteiger partial charge in [-0.1, -0.05) is 0 Å². The smallest absolute Gasteiger partial charge is 0.410 e. The molecule has 0 aliphatic carbocycles. The number of carbonyl (C=O) groups excluding carboxylic acids is 4. The average Bonchev–Trinajstić information content (AvgIpc) is 2.88. The van der Waals surface area contributed by atoms with Gasteiger partial charge in [0.05, 0.1) is 12.7 Å². The molecule has 1 aromatic carbocycles. The summed E-state index contributed by atoms with van der Waals surface area (Å²) in [6.07, 6.45) is 0.149. The van der Waals surface area contributed by atoms with E-state index in [0.29, 0.717) is 37.2 Å². The molecular weight excluding hydrogens is 390 g/mol.